The third-order valence-electron chi connectivity index (χ3n) is 4.30. The van der Waals surface area contributed by atoms with E-state index in [0.717, 1.165) is 13.0 Å². The molecule has 5 nitrogen and oxygen atoms in total. The molecule has 0 saturated carbocycles. The number of ether oxygens (including phenoxy) is 3. The molecule has 2 aromatic carbocycles. The molecule has 0 radical (unpaired) electrons. The van der Waals surface area contributed by atoms with Crippen LogP contribution in [0.2, 0.25) is 0 Å². The first-order chi connectivity index (χ1) is 12.3. The van der Waals surface area contributed by atoms with Gasteiger partial charge in [0.25, 0.3) is 0 Å². The van der Waals surface area contributed by atoms with Crippen LogP contribution in [0.4, 0.5) is 0 Å². The number of benzene rings is 2. The van der Waals surface area contributed by atoms with E-state index in [1.165, 1.54) is 11.1 Å². The van der Waals surface area contributed by atoms with Gasteiger partial charge in [0.15, 0.2) is 11.5 Å². The van der Waals surface area contributed by atoms with Gasteiger partial charge in [-0.25, -0.2) is 0 Å². The van der Waals surface area contributed by atoms with Gasteiger partial charge in [0.05, 0.1) is 19.8 Å². The van der Waals surface area contributed by atoms with Gasteiger partial charge >= 0.3 is 0 Å². The molecule has 0 saturated heterocycles. The maximum atomic E-state index is 10.1. The lowest BCUT2D eigenvalue weighted by Crippen LogP contribution is -2.35. The minimum atomic E-state index is -0.608. The van der Waals surface area contributed by atoms with E-state index in [4.69, 9.17) is 14.2 Å². The summed E-state index contributed by atoms with van der Waals surface area (Å²) in [6, 6.07) is 15.8. The van der Waals surface area contributed by atoms with Crippen molar-refractivity contribution in [3.05, 3.63) is 59.7 Å². The second-order valence-corrected chi connectivity index (χ2v) is 6.08. The number of para-hydroxylation sites is 2. The van der Waals surface area contributed by atoms with Gasteiger partial charge < -0.3 is 24.6 Å². The fourth-order valence-electron chi connectivity index (χ4n) is 3.01. The van der Waals surface area contributed by atoms with Crippen LogP contribution in [0.1, 0.15) is 17.2 Å². The Bertz CT molecular complexity index is 676. The fraction of sp³-hybridized carbons (Fsp3) is 0.400. The average molecular weight is 343 g/mol. The summed E-state index contributed by atoms with van der Waals surface area (Å²) in [5, 5.41) is 13.4. The van der Waals surface area contributed by atoms with E-state index in [2.05, 4.69) is 23.5 Å². The summed E-state index contributed by atoms with van der Waals surface area (Å²) in [7, 11) is 1.60. The van der Waals surface area contributed by atoms with Crippen LogP contribution in [0, 0.1) is 0 Å². The van der Waals surface area contributed by atoms with Gasteiger partial charge in [-0.3, -0.25) is 0 Å². The predicted octanol–water partition coefficient (Wildman–Crippen LogP) is 2.34. The topological polar surface area (TPSA) is 60.0 Å². The van der Waals surface area contributed by atoms with Crippen LogP contribution in [0.25, 0.3) is 0 Å². The van der Waals surface area contributed by atoms with E-state index in [9.17, 15) is 5.11 Å². The summed E-state index contributed by atoms with van der Waals surface area (Å²) in [6.45, 7) is 2.05. The van der Waals surface area contributed by atoms with Crippen LogP contribution in [0.15, 0.2) is 48.5 Å². The zero-order chi connectivity index (χ0) is 17.5. The van der Waals surface area contributed by atoms with E-state index >= 15 is 0 Å². The molecule has 2 atom stereocenters. The van der Waals surface area contributed by atoms with E-state index in [1.54, 1.807) is 7.11 Å². The molecule has 0 amide bonds. The standard InChI is InChI=1S/C20H25NO4/c1-23-18-8-4-5-9-19(18)25-14-16(22)12-21-13-20-17-7-3-2-6-15(17)10-11-24-20/h2-9,16,20-22H,10-14H2,1H3. The molecular weight excluding hydrogens is 318 g/mol. The van der Waals surface area contributed by atoms with Gasteiger partial charge in [-0.1, -0.05) is 36.4 Å². The second kappa shape index (κ2) is 8.85. The quantitative estimate of drug-likeness (QED) is 0.770. The number of methoxy groups -OCH3 is 1. The lowest BCUT2D eigenvalue weighted by Gasteiger charge is -2.26. The van der Waals surface area contributed by atoms with Crippen molar-refractivity contribution in [2.24, 2.45) is 0 Å². The van der Waals surface area contributed by atoms with Crippen molar-refractivity contribution in [2.45, 2.75) is 18.6 Å². The van der Waals surface area contributed by atoms with E-state index in [-0.39, 0.29) is 12.7 Å². The summed E-state index contributed by atoms with van der Waals surface area (Å²) in [5.41, 5.74) is 2.58. The number of fused-ring (bicyclic) bond motifs is 1. The first-order valence-corrected chi connectivity index (χ1v) is 8.62. The van der Waals surface area contributed by atoms with Crippen molar-refractivity contribution >= 4 is 0 Å². The molecular formula is C20H25NO4. The number of hydrogen-bond donors (Lipinski definition) is 2. The van der Waals surface area contributed by atoms with Crippen molar-refractivity contribution < 1.29 is 19.3 Å². The average Bonchev–Trinajstić information content (AvgIpc) is 2.67. The van der Waals surface area contributed by atoms with E-state index < -0.39 is 6.10 Å². The molecule has 3 rings (SSSR count). The predicted molar refractivity (Wildman–Crippen MR) is 96.2 cm³/mol. The third kappa shape index (κ3) is 4.72. The minimum absolute atomic E-state index is 0.0345. The Balaban J connectivity index is 1.43. The van der Waals surface area contributed by atoms with Gasteiger partial charge in [0, 0.05) is 13.1 Å². The number of aliphatic hydroxyl groups is 1. The van der Waals surface area contributed by atoms with Gasteiger partial charge in [-0.15, -0.1) is 0 Å². The SMILES string of the molecule is COc1ccccc1OCC(O)CNCC1OCCc2ccccc21. The number of nitrogens with one attached hydrogen (secondary N) is 1. The van der Waals surface area contributed by atoms with Gasteiger partial charge in [-0.2, -0.15) is 0 Å². The van der Waals surface area contributed by atoms with E-state index in [1.807, 2.05) is 30.3 Å². The molecule has 1 aliphatic rings. The Morgan fingerprint density at radius 2 is 1.92 bits per heavy atom. The molecule has 0 aromatic heterocycles. The molecule has 2 unspecified atom stereocenters. The largest absolute Gasteiger partial charge is 0.493 e. The molecule has 2 N–H and O–H groups in total. The summed E-state index contributed by atoms with van der Waals surface area (Å²) in [6.07, 6.45) is 0.387. The first-order valence-electron chi connectivity index (χ1n) is 8.62. The first kappa shape index (κ1) is 17.7. The fourth-order valence-corrected chi connectivity index (χ4v) is 3.01. The van der Waals surface area contributed by atoms with Crippen molar-refractivity contribution in [3.63, 3.8) is 0 Å². The molecule has 0 fully saturated rings. The van der Waals surface area contributed by atoms with Gasteiger partial charge in [0.2, 0.25) is 0 Å². The summed E-state index contributed by atoms with van der Waals surface area (Å²) in [5.74, 6) is 1.29. The lowest BCUT2D eigenvalue weighted by molar-refractivity contribution is 0.0379. The molecule has 1 aliphatic heterocycles. The van der Waals surface area contributed by atoms with Crippen molar-refractivity contribution in [3.8, 4) is 11.5 Å². The maximum Gasteiger partial charge on any atom is 0.161 e. The van der Waals surface area contributed by atoms with Crippen LogP contribution in [0.3, 0.4) is 0 Å². The van der Waals surface area contributed by atoms with Crippen molar-refractivity contribution in [2.75, 3.05) is 33.4 Å². The molecule has 134 valence electrons. The monoisotopic (exact) mass is 343 g/mol. The summed E-state index contributed by atoms with van der Waals surface area (Å²) in [4.78, 5) is 0. The smallest absolute Gasteiger partial charge is 0.161 e. The lowest BCUT2D eigenvalue weighted by atomic mass is 9.97. The molecule has 0 spiro atoms. The van der Waals surface area contributed by atoms with Crippen LogP contribution < -0.4 is 14.8 Å². The Labute approximate surface area is 148 Å². The number of aliphatic hydroxyl groups excluding tert-OH is 1. The Morgan fingerprint density at radius 3 is 2.76 bits per heavy atom. The zero-order valence-electron chi connectivity index (χ0n) is 14.5. The Kier molecular flexibility index (Phi) is 6.28. The minimum Gasteiger partial charge on any atom is -0.493 e. The van der Waals surface area contributed by atoms with Crippen LogP contribution >= 0.6 is 0 Å². The highest BCUT2D eigenvalue weighted by Crippen LogP contribution is 2.27. The molecule has 0 bridgehead atoms. The maximum absolute atomic E-state index is 10.1. The zero-order valence-corrected chi connectivity index (χ0v) is 14.5. The molecule has 0 aliphatic carbocycles. The summed E-state index contributed by atoms with van der Waals surface area (Å²) >= 11 is 0. The van der Waals surface area contributed by atoms with Gasteiger partial charge in [0.1, 0.15) is 12.7 Å². The van der Waals surface area contributed by atoms with Crippen LogP contribution in [-0.2, 0) is 11.2 Å². The third-order valence-corrected chi connectivity index (χ3v) is 4.30. The molecule has 2 aromatic rings. The van der Waals surface area contributed by atoms with Crippen molar-refractivity contribution in [1.29, 1.82) is 0 Å². The van der Waals surface area contributed by atoms with Crippen LogP contribution in [-0.4, -0.2) is 44.6 Å². The Hall–Kier alpha value is -2.08. The second-order valence-electron chi connectivity index (χ2n) is 6.08. The van der Waals surface area contributed by atoms with Crippen molar-refractivity contribution in [1.82, 2.24) is 5.32 Å². The Morgan fingerprint density at radius 1 is 1.16 bits per heavy atom. The number of hydrogen-bond acceptors (Lipinski definition) is 5. The highest BCUT2D eigenvalue weighted by atomic mass is 16.5. The van der Waals surface area contributed by atoms with E-state index in [0.29, 0.717) is 24.6 Å². The highest BCUT2D eigenvalue weighted by molar-refractivity contribution is 5.39. The summed E-state index contributed by atoms with van der Waals surface area (Å²) < 4.78 is 16.7. The molecule has 5 heteroatoms. The molecule has 1 heterocycles. The highest BCUT2D eigenvalue weighted by Gasteiger charge is 2.20. The normalized spacial score (nSPS) is 17.6. The molecule has 25 heavy (non-hydrogen) atoms. The number of rotatable bonds is 8. The van der Waals surface area contributed by atoms with Gasteiger partial charge in [-0.05, 0) is 29.7 Å². The van der Waals surface area contributed by atoms with Crippen LogP contribution in [0.5, 0.6) is 11.5 Å².